The van der Waals surface area contributed by atoms with E-state index in [9.17, 15) is 4.39 Å². The number of aromatic nitrogens is 5. The van der Waals surface area contributed by atoms with Gasteiger partial charge >= 0.3 is 0 Å². The second-order valence-electron chi connectivity index (χ2n) is 8.09. The molecule has 1 aliphatic rings. The molecule has 32 heavy (non-hydrogen) atoms. The van der Waals surface area contributed by atoms with Crippen LogP contribution in [0, 0.1) is 11.7 Å². The molecule has 0 saturated heterocycles. The highest BCUT2D eigenvalue weighted by molar-refractivity contribution is 6.35. The molecule has 1 aliphatic carbocycles. The predicted octanol–water partition coefficient (Wildman–Crippen LogP) is 4.28. The minimum absolute atomic E-state index is 0.0448. The van der Waals surface area contributed by atoms with Crippen LogP contribution < -0.4 is 10.6 Å². The van der Waals surface area contributed by atoms with E-state index >= 15 is 4.39 Å². The third-order valence-electron chi connectivity index (χ3n) is 5.58. The van der Waals surface area contributed by atoms with Crippen molar-refractivity contribution in [3.05, 3.63) is 35.6 Å². The van der Waals surface area contributed by atoms with Gasteiger partial charge in [-0.05, 0) is 13.3 Å². The van der Waals surface area contributed by atoms with Gasteiger partial charge in [0.1, 0.15) is 12.0 Å². The Morgan fingerprint density at radius 1 is 1.38 bits per heavy atom. The first-order chi connectivity index (χ1) is 15.5. The molecule has 11 heteroatoms. The number of hydrogen-bond acceptors (Lipinski definition) is 6. The second-order valence-corrected chi connectivity index (χ2v) is 8.47. The minimum Gasteiger partial charge on any atom is -0.383 e. The lowest BCUT2D eigenvalue weighted by molar-refractivity contribution is 0.190. The molecular weight excluding hydrogens is 440 g/mol. The molecule has 5 rings (SSSR count). The molecule has 0 aliphatic heterocycles. The third kappa shape index (κ3) is 3.73. The molecule has 0 radical (unpaired) electrons. The average molecular weight is 462 g/mol. The largest absolute Gasteiger partial charge is 0.383 e. The van der Waals surface area contributed by atoms with Crippen molar-refractivity contribution in [2.24, 2.45) is 5.92 Å². The zero-order valence-electron chi connectivity index (χ0n) is 17.5. The molecule has 1 aromatic carbocycles. The molecule has 168 valence electrons. The Morgan fingerprint density at radius 2 is 2.19 bits per heavy atom. The number of alkyl halides is 1. The number of rotatable bonds is 8. The highest BCUT2D eigenvalue weighted by Gasteiger charge is 2.37. The lowest BCUT2D eigenvalue weighted by atomic mass is 10.0. The molecular formula is C21H22ClF2N7O. The van der Waals surface area contributed by atoms with Crippen molar-refractivity contribution in [3.8, 4) is 11.3 Å². The van der Waals surface area contributed by atoms with E-state index in [1.54, 1.807) is 36.3 Å². The lowest BCUT2D eigenvalue weighted by Gasteiger charge is -2.18. The Morgan fingerprint density at radius 3 is 2.94 bits per heavy atom. The van der Waals surface area contributed by atoms with E-state index in [0.717, 1.165) is 0 Å². The Kier molecular flexibility index (Phi) is 5.34. The molecule has 4 aromatic rings. The molecule has 3 N–H and O–H groups in total. The summed E-state index contributed by atoms with van der Waals surface area (Å²) in [5.74, 6) is 0.0744. The number of benzene rings is 1. The maximum atomic E-state index is 15.3. The lowest BCUT2D eigenvalue weighted by Crippen LogP contribution is -2.21. The molecule has 3 aromatic heterocycles. The molecule has 0 amide bonds. The average Bonchev–Trinajstić information content (AvgIpc) is 3.14. The summed E-state index contributed by atoms with van der Waals surface area (Å²) < 4.78 is 35.3. The number of fused-ring (bicyclic) bond motifs is 2. The SMILES string of the molecule is COCC(C)Nc1c(F)c(Cl)c(-c2cn3cc(NC[C@@H]4C[C@@H]4F)nc3cn2)c2cn[nH]c12. The van der Waals surface area contributed by atoms with Gasteiger partial charge in [-0.2, -0.15) is 5.10 Å². The van der Waals surface area contributed by atoms with Crippen LogP contribution in [0.1, 0.15) is 13.3 Å². The van der Waals surface area contributed by atoms with Crippen molar-refractivity contribution < 1.29 is 13.5 Å². The fourth-order valence-corrected chi connectivity index (χ4v) is 4.10. The Balaban J connectivity index is 1.52. The van der Waals surface area contributed by atoms with Gasteiger partial charge in [0.15, 0.2) is 11.5 Å². The highest BCUT2D eigenvalue weighted by atomic mass is 35.5. The van der Waals surface area contributed by atoms with E-state index in [1.165, 1.54) is 0 Å². The van der Waals surface area contributed by atoms with E-state index in [4.69, 9.17) is 16.3 Å². The number of aromatic amines is 1. The van der Waals surface area contributed by atoms with E-state index in [0.29, 0.717) is 53.2 Å². The quantitative estimate of drug-likeness (QED) is 0.362. The molecule has 3 atom stereocenters. The normalized spacial score (nSPS) is 18.9. The van der Waals surface area contributed by atoms with Crippen molar-refractivity contribution in [1.82, 2.24) is 24.6 Å². The number of methoxy groups -OCH3 is 1. The first-order valence-corrected chi connectivity index (χ1v) is 10.7. The summed E-state index contributed by atoms with van der Waals surface area (Å²) in [6, 6.07) is -0.141. The number of ether oxygens (including phenoxy) is 1. The number of H-pyrrole nitrogens is 1. The van der Waals surface area contributed by atoms with Gasteiger partial charge in [0, 0.05) is 42.8 Å². The van der Waals surface area contributed by atoms with Crippen LogP contribution in [-0.2, 0) is 4.74 Å². The summed E-state index contributed by atoms with van der Waals surface area (Å²) >= 11 is 6.49. The molecule has 0 spiro atoms. The van der Waals surface area contributed by atoms with Crippen molar-refractivity contribution in [2.75, 3.05) is 30.9 Å². The smallest absolute Gasteiger partial charge is 0.167 e. The third-order valence-corrected chi connectivity index (χ3v) is 5.93. The first-order valence-electron chi connectivity index (χ1n) is 10.3. The van der Waals surface area contributed by atoms with Crippen molar-refractivity contribution in [2.45, 2.75) is 25.6 Å². The van der Waals surface area contributed by atoms with Crippen molar-refractivity contribution in [3.63, 3.8) is 0 Å². The number of nitrogens with zero attached hydrogens (tertiary/aromatic N) is 4. The Bertz CT molecular complexity index is 1290. The van der Waals surface area contributed by atoms with Crippen LogP contribution in [-0.4, -0.2) is 57.0 Å². The molecule has 1 unspecified atom stereocenters. The number of imidazole rings is 1. The monoisotopic (exact) mass is 461 g/mol. The number of nitrogens with one attached hydrogen (secondary N) is 3. The van der Waals surface area contributed by atoms with Gasteiger partial charge in [0.25, 0.3) is 0 Å². The van der Waals surface area contributed by atoms with E-state index in [2.05, 4.69) is 30.8 Å². The van der Waals surface area contributed by atoms with Crippen LogP contribution in [0.4, 0.5) is 20.3 Å². The molecule has 1 saturated carbocycles. The fourth-order valence-electron chi connectivity index (χ4n) is 3.81. The van der Waals surface area contributed by atoms with Crippen LogP contribution in [0.5, 0.6) is 0 Å². The summed E-state index contributed by atoms with van der Waals surface area (Å²) in [4.78, 5) is 8.91. The van der Waals surface area contributed by atoms with Crippen LogP contribution in [0.25, 0.3) is 27.8 Å². The van der Waals surface area contributed by atoms with Gasteiger partial charge in [-0.25, -0.2) is 13.8 Å². The van der Waals surface area contributed by atoms with Crippen LogP contribution in [0.15, 0.2) is 24.8 Å². The van der Waals surface area contributed by atoms with E-state index < -0.39 is 12.0 Å². The maximum absolute atomic E-state index is 15.3. The molecule has 1 fully saturated rings. The number of anilines is 2. The Hall–Kier alpha value is -2.98. The minimum atomic E-state index is -0.725. The van der Waals surface area contributed by atoms with Crippen LogP contribution >= 0.6 is 11.6 Å². The van der Waals surface area contributed by atoms with Gasteiger partial charge in [0.2, 0.25) is 0 Å². The topological polar surface area (TPSA) is 92.2 Å². The van der Waals surface area contributed by atoms with Gasteiger partial charge in [0.05, 0.1) is 47.1 Å². The van der Waals surface area contributed by atoms with Crippen molar-refractivity contribution in [1.29, 1.82) is 0 Å². The van der Waals surface area contributed by atoms with Gasteiger partial charge in [-0.3, -0.25) is 10.1 Å². The maximum Gasteiger partial charge on any atom is 0.167 e. The summed E-state index contributed by atoms with van der Waals surface area (Å²) in [5.41, 5.74) is 2.23. The zero-order valence-corrected chi connectivity index (χ0v) is 18.2. The first kappa shape index (κ1) is 20.9. The second kappa shape index (κ2) is 8.18. The van der Waals surface area contributed by atoms with Crippen LogP contribution in [0.3, 0.4) is 0 Å². The fraction of sp³-hybridized carbons (Fsp3) is 0.381. The van der Waals surface area contributed by atoms with Gasteiger partial charge in [-0.1, -0.05) is 11.6 Å². The standard InChI is InChI=1S/C21H22ClF2N7O/c1-10(9-32-2)28-21-19(24)18(22)17(12-5-27-30-20(12)21)14-7-31-8-15(29-16(31)6-25-14)26-4-11-3-13(11)23/h5-8,10-11,13,26,28H,3-4,9H2,1-2H3,(H,27,30)/t10?,11-,13-/m0/s1. The van der Waals surface area contributed by atoms with E-state index in [-0.39, 0.29) is 22.7 Å². The highest BCUT2D eigenvalue weighted by Crippen LogP contribution is 2.41. The predicted molar refractivity (Wildman–Crippen MR) is 119 cm³/mol. The summed E-state index contributed by atoms with van der Waals surface area (Å²) in [6.07, 6.45) is 6.56. The zero-order chi connectivity index (χ0) is 22.4. The molecule has 3 heterocycles. The van der Waals surface area contributed by atoms with Crippen LogP contribution in [0.2, 0.25) is 5.02 Å². The molecule has 0 bridgehead atoms. The van der Waals surface area contributed by atoms with Crippen molar-refractivity contribution >= 4 is 39.7 Å². The van der Waals surface area contributed by atoms with E-state index in [1.807, 2.05) is 6.92 Å². The Labute approximate surface area is 187 Å². The number of halogens is 3. The summed E-state index contributed by atoms with van der Waals surface area (Å²) in [7, 11) is 1.58. The summed E-state index contributed by atoms with van der Waals surface area (Å²) in [6.45, 7) is 2.81. The molecule has 8 nitrogen and oxygen atoms in total. The number of hydrogen-bond donors (Lipinski definition) is 3. The summed E-state index contributed by atoms with van der Waals surface area (Å²) in [5, 5.41) is 13.8. The van der Waals surface area contributed by atoms with Gasteiger partial charge in [-0.15, -0.1) is 0 Å². The van der Waals surface area contributed by atoms with Gasteiger partial charge < -0.3 is 19.8 Å².